The molecule has 1 aliphatic carbocycles. The first-order valence-corrected chi connectivity index (χ1v) is 18.0. The second-order valence-electron chi connectivity index (χ2n) is 14.6. The highest BCUT2D eigenvalue weighted by atomic mass is 15.0. The summed E-state index contributed by atoms with van der Waals surface area (Å²) in [5.74, 6) is -0.310. The molecule has 2 unspecified atom stereocenters. The van der Waals surface area contributed by atoms with Gasteiger partial charge in [0, 0.05) is 38.3 Å². The molecule has 2 nitrogen and oxygen atoms in total. The van der Waals surface area contributed by atoms with E-state index in [1.165, 1.54) is 31.4 Å². The van der Waals surface area contributed by atoms with E-state index in [2.05, 4.69) is 57.2 Å². The van der Waals surface area contributed by atoms with Crippen LogP contribution in [0.1, 0.15) is 96.6 Å². The molecule has 2 atom stereocenters. The van der Waals surface area contributed by atoms with Crippen molar-refractivity contribution in [1.29, 1.82) is 0 Å². The average Bonchev–Trinajstić information content (AvgIpc) is 3.97. The van der Waals surface area contributed by atoms with Crippen LogP contribution in [0.5, 0.6) is 0 Å². The van der Waals surface area contributed by atoms with Crippen molar-refractivity contribution in [3.8, 4) is 22.5 Å². The van der Waals surface area contributed by atoms with Gasteiger partial charge in [0.05, 0.1) is 44.0 Å². The first-order valence-electron chi connectivity index (χ1n) is 26.0. The molecule has 2 heterocycles. The molecule has 0 aliphatic heterocycles. The van der Waals surface area contributed by atoms with E-state index in [9.17, 15) is 5.48 Å². The van der Waals surface area contributed by atoms with Gasteiger partial charge in [-0.15, -0.1) is 0 Å². The smallest absolute Gasteiger partial charge is 0.0645 e. The van der Waals surface area contributed by atoms with Crippen LogP contribution < -0.4 is 0 Å². The lowest BCUT2D eigenvalue weighted by atomic mass is 9.79. The summed E-state index contributed by atoms with van der Waals surface area (Å²) in [5.41, 5.74) is 6.21. The van der Waals surface area contributed by atoms with Crippen LogP contribution in [0.4, 0.5) is 0 Å². The van der Waals surface area contributed by atoms with Crippen molar-refractivity contribution < 1.29 is 21.9 Å². The zero-order valence-electron chi connectivity index (χ0n) is 45.7. The molecule has 2 aromatic heterocycles. The monoisotopic (exact) mass is 700 g/mol. The minimum absolute atomic E-state index is 0.0108. The lowest BCUT2D eigenvalue weighted by Crippen LogP contribution is -2.15. The number of para-hydroxylation sites is 4. The topological polar surface area (TPSA) is 9.86 Å². The summed E-state index contributed by atoms with van der Waals surface area (Å²) in [6.45, 7) is 8.59. The van der Waals surface area contributed by atoms with Gasteiger partial charge in [0.15, 0.2) is 0 Å². The fourth-order valence-corrected chi connectivity index (χ4v) is 8.60. The Morgan fingerprint density at radius 3 is 1.53 bits per heavy atom. The third kappa shape index (κ3) is 4.85. The molecule has 53 heavy (non-hydrogen) atoms. The average molecular weight is 701 g/mol. The Bertz CT molecular complexity index is 3440. The first-order chi connectivity index (χ1) is 32.6. The van der Waals surface area contributed by atoms with E-state index in [0.29, 0.717) is 12.0 Å². The van der Waals surface area contributed by atoms with Crippen LogP contribution in [0.15, 0.2) is 157 Å². The van der Waals surface area contributed by atoms with Crippen molar-refractivity contribution in [1.82, 2.24) is 9.13 Å². The van der Waals surface area contributed by atoms with Gasteiger partial charge in [0.2, 0.25) is 0 Å². The zero-order valence-corrected chi connectivity index (χ0v) is 29.7. The summed E-state index contributed by atoms with van der Waals surface area (Å²) in [7, 11) is 0. The fraction of sp³-hybridized carbons (Fsp3) is 0.176. The summed E-state index contributed by atoms with van der Waals surface area (Å²) in [6.07, 6.45) is 1.33. The minimum Gasteiger partial charge on any atom is -0.309 e. The molecule has 0 saturated heterocycles. The Labute approximate surface area is 334 Å². The summed E-state index contributed by atoms with van der Waals surface area (Å²) in [4.78, 5) is 0. The first kappa shape index (κ1) is 19.3. The molecule has 258 valence electrons. The molecule has 0 N–H and O–H groups in total. The van der Waals surface area contributed by atoms with Crippen molar-refractivity contribution in [2.75, 3.05) is 0 Å². The van der Waals surface area contributed by atoms with Crippen molar-refractivity contribution in [3.63, 3.8) is 0 Å². The van der Waals surface area contributed by atoms with Crippen molar-refractivity contribution >= 4 is 43.6 Å². The Balaban J connectivity index is 1.30. The van der Waals surface area contributed by atoms with E-state index in [1.807, 2.05) is 13.0 Å². The largest absolute Gasteiger partial charge is 0.309 e. The van der Waals surface area contributed by atoms with E-state index >= 15 is 0 Å². The number of aromatic nitrogens is 2. The molecule has 7 aromatic carbocycles. The molecule has 0 spiro atoms. The molecule has 0 saturated carbocycles. The van der Waals surface area contributed by atoms with Gasteiger partial charge in [0.1, 0.15) is 0 Å². The van der Waals surface area contributed by atoms with Crippen molar-refractivity contribution in [2.24, 2.45) is 0 Å². The van der Waals surface area contributed by atoms with Gasteiger partial charge >= 0.3 is 0 Å². The molecule has 0 radical (unpaired) electrons. The number of benzene rings is 7. The molecule has 1 aliphatic rings. The molecule has 2 heteroatoms. The standard InChI is InChI=1S/C51H44N2/c1-5-34(35-26-27-40-39-16-6-11-21-45(39)51(3,4)46(40)31-35)28-33(2)36-29-37(52-47-22-12-7-17-41(47)42-18-8-13-23-48(42)52)32-38(30-36)53-49-24-14-9-19-43(49)44-20-10-15-25-50(44)53/h6-27,29-34H,5,28H2,1-4H3/i7D,8D,9D,10D,12D,13D,14D,15D,17D,18D,19D,20D,22D,23D,24D,25D. The maximum absolute atomic E-state index is 9.27. The van der Waals surface area contributed by atoms with E-state index in [-0.39, 0.29) is 72.2 Å². The maximum Gasteiger partial charge on any atom is 0.0645 e. The van der Waals surface area contributed by atoms with Crippen LogP contribution in [-0.2, 0) is 5.41 Å². The van der Waals surface area contributed by atoms with Crippen LogP contribution in [0.2, 0.25) is 0 Å². The summed E-state index contributed by atoms with van der Waals surface area (Å²) >= 11 is 0. The number of hydrogen-bond donors (Lipinski definition) is 0. The molecular weight excluding hydrogens is 641 g/mol. The van der Waals surface area contributed by atoms with Gasteiger partial charge in [-0.3, -0.25) is 0 Å². The van der Waals surface area contributed by atoms with E-state index in [4.69, 9.17) is 16.4 Å². The van der Waals surface area contributed by atoms with Crippen LogP contribution in [0.25, 0.3) is 66.1 Å². The highest BCUT2D eigenvalue weighted by molar-refractivity contribution is 6.10. The molecule has 10 rings (SSSR count). The lowest BCUT2D eigenvalue weighted by Gasteiger charge is -2.25. The van der Waals surface area contributed by atoms with Gasteiger partial charge in [0.25, 0.3) is 0 Å². The Morgan fingerprint density at radius 2 is 1.02 bits per heavy atom. The lowest BCUT2D eigenvalue weighted by molar-refractivity contribution is 0.542. The van der Waals surface area contributed by atoms with Gasteiger partial charge < -0.3 is 9.13 Å². The Kier molecular flexibility index (Phi) is 4.40. The summed E-state index contributed by atoms with van der Waals surface area (Å²) in [5, 5.41) is -0.515. The van der Waals surface area contributed by atoms with Crippen LogP contribution in [-0.4, -0.2) is 9.13 Å². The quantitative estimate of drug-likeness (QED) is 0.157. The number of hydrogen-bond acceptors (Lipinski definition) is 0. The number of nitrogens with zero attached hydrogens (tertiary/aromatic N) is 2. The zero-order chi connectivity index (χ0) is 49.8. The summed E-state index contributed by atoms with van der Waals surface area (Å²) in [6, 6.07) is 11.3. The van der Waals surface area contributed by atoms with E-state index in [0.717, 1.165) is 12.0 Å². The van der Waals surface area contributed by atoms with Gasteiger partial charge in [-0.05, 0) is 100 Å². The van der Waals surface area contributed by atoms with E-state index < -0.39 is 96.7 Å². The van der Waals surface area contributed by atoms with Crippen molar-refractivity contribution in [2.45, 2.75) is 57.8 Å². The van der Waals surface area contributed by atoms with Crippen LogP contribution >= 0.6 is 0 Å². The molecule has 0 amide bonds. The molecule has 0 fully saturated rings. The number of rotatable bonds is 7. The third-order valence-electron chi connectivity index (χ3n) is 11.3. The van der Waals surface area contributed by atoms with Gasteiger partial charge in [-0.1, -0.05) is 143 Å². The minimum atomic E-state index is -0.600. The predicted molar refractivity (Wildman–Crippen MR) is 225 cm³/mol. The van der Waals surface area contributed by atoms with Crippen LogP contribution in [0, 0.1) is 0 Å². The highest BCUT2D eigenvalue weighted by Gasteiger charge is 2.35. The summed E-state index contributed by atoms with van der Waals surface area (Å²) < 4.78 is 146. The number of fused-ring (bicyclic) bond motifs is 9. The second kappa shape index (κ2) is 12.1. The normalized spacial score (nSPS) is 18.8. The predicted octanol–water partition coefficient (Wildman–Crippen LogP) is 13.9. The van der Waals surface area contributed by atoms with E-state index in [1.54, 1.807) is 18.2 Å². The second-order valence-corrected chi connectivity index (χ2v) is 14.6. The molecule has 0 bridgehead atoms. The molecule has 9 aromatic rings. The van der Waals surface area contributed by atoms with Gasteiger partial charge in [-0.2, -0.15) is 0 Å². The molecular formula is C51H44N2. The fourth-order valence-electron chi connectivity index (χ4n) is 8.60. The Hall–Kier alpha value is -5.86. The van der Waals surface area contributed by atoms with Crippen LogP contribution in [0.3, 0.4) is 0 Å². The third-order valence-corrected chi connectivity index (χ3v) is 11.3. The van der Waals surface area contributed by atoms with Gasteiger partial charge in [-0.25, -0.2) is 0 Å². The highest BCUT2D eigenvalue weighted by Crippen LogP contribution is 2.50. The van der Waals surface area contributed by atoms with Crippen molar-refractivity contribution in [3.05, 3.63) is 180 Å². The Morgan fingerprint density at radius 1 is 0.547 bits per heavy atom. The maximum atomic E-state index is 9.27. The SMILES string of the molecule is [2H]c1c([2H])c([2H])c2c(c1[2H])c1c([2H])c([2H])c([2H])c([2H])c1n2-c1cc(C(C)CC(CC)c2ccc3c(c2)C(C)(C)c2ccccc2-3)cc(-n2c3c([2H])c([2H])c([2H])c([2H])c3c3c([2H])c([2H])c([2H])c([2H])c32)c1.